The second kappa shape index (κ2) is 9.44. The van der Waals surface area contributed by atoms with Gasteiger partial charge in [0, 0.05) is 38.2 Å². The van der Waals surface area contributed by atoms with E-state index in [4.69, 9.17) is 0 Å². The Labute approximate surface area is 181 Å². The number of fused-ring (bicyclic) bond motifs is 1. The zero-order valence-electron chi connectivity index (χ0n) is 17.5. The highest BCUT2D eigenvalue weighted by molar-refractivity contribution is 7.89. The number of rotatable bonds is 7. The number of amides is 1. The molecule has 1 aromatic heterocycles. The summed E-state index contributed by atoms with van der Waals surface area (Å²) in [6, 6.07) is 4.37. The molecule has 0 bridgehead atoms. The van der Waals surface area contributed by atoms with Crippen molar-refractivity contribution in [1.29, 1.82) is 0 Å². The summed E-state index contributed by atoms with van der Waals surface area (Å²) in [5.41, 5.74) is 0.754. The van der Waals surface area contributed by atoms with Crippen molar-refractivity contribution in [2.45, 2.75) is 57.9 Å². The SMILES string of the molecule is O=C(CCCS(=O)(=O)N1CCCC1)Nc1ccc(F)c(-c2nnc3n2CCCCC3)c1. The zero-order valence-corrected chi connectivity index (χ0v) is 18.3. The standard InChI is InChI=1S/C21H28FN5O3S/c22-18-10-9-16(15-17(18)21-25-24-19-7-2-1-3-13-27(19)21)23-20(28)8-6-14-31(29,30)26-11-4-5-12-26/h9-10,15H,1-8,11-14H2,(H,23,28). The van der Waals surface area contributed by atoms with Gasteiger partial charge < -0.3 is 9.88 Å². The van der Waals surface area contributed by atoms with Gasteiger partial charge in [0.2, 0.25) is 15.9 Å². The summed E-state index contributed by atoms with van der Waals surface area (Å²) in [4.78, 5) is 12.3. The summed E-state index contributed by atoms with van der Waals surface area (Å²) >= 11 is 0. The lowest BCUT2D eigenvalue weighted by atomic mass is 10.1. The van der Waals surface area contributed by atoms with Gasteiger partial charge in [-0.05, 0) is 50.3 Å². The van der Waals surface area contributed by atoms with Crippen LogP contribution in [0.2, 0.25) is 0 Å². The van der Waals surface area contributed by atoms with E-state index in [0.717, 1.165) is 50.9 Å². The highest BCUT2D eigenvalue weighted by Gasteiger charge is 2.25. The number of sulfonamides is 1. The van der Waals surface area contributed by atoms with Crippen LogP contribution >= 0.6 is 0 Å². The average Bonchev–Trinajstić information content (AvgIpc) is 3.36. The number of anilines is 1. The van der Waals surface area contributed by atoms with Gasteiger partial charge in [0.05, 0.1) is 11.3 Å². The topological polar surface area (TPSA) is 97.2 Å². The minimum atomic E-state index is -3.30. The Bertz CT molecular complexity index is 1050. The third kappa shape index (κ3) is 5.12. The fourth-order valence-electron chi connectivity index (χ4n) is 4.19. The predicted octanol–water partition coefficient (Wildman–Crippen LogP) is 2.95. The van der Waals surface area contributed by atoms with Crippen LogP contribution in [0.4, 0.5) is 10.1 Å². The molecule has 10 heteroatoms. The quantitative estimate of drug-likeness (QED) is 0.701. The molecule has 1 saturated heterocycles. The van der Waals surface area contributed by atoms with E-state index in [1.54, 1.807) is 6.07 Å². The van der Waals surface area contributed by atoms with Gasteiger partial charge in [-0.2, -0.15) is 0 Å². The third-order valence-corrected chi connectivity index (χ3v) is 7.82. The van der Waals surface area contributed by atoms with Crippen LogP contribution in [0.15, 0.2) is 18.2 Å². The molecule has 0 atom stereocenters. The molecule has 1 fully saturated rings. The molecule has 1 amide bonds. The molecule has 0 radical (unpaired) electrons. The zero-order chi connectivity index (χ0) is 21.8. The first-order valence-corrected chi connectivity index (χ1v) is 12.5. The van der Waals surface area contributed by atoms with Crippen LogP contribution in [-0.2, 0) is 27.8 Å². The molecule has 1 aromatic carbocycles. The number of hydrogen-bond acceptors (Lipinski definition) is 5. The Hall–Kier alpha value is -2.33. The molecule has 168 valence electrons. The van der Waals surface area contributed by atoms with Gasteiger partial charge in [-0.15, -0.1) is 10.2 Å². The minimum absolute atomic E-state index is 0.0407. The van der Waals surface area contributed by atoms with Crippen molar-refractivity contribution in [2.24, 2.45) is 0 Å². The van der Waals surface area contributed by atoms with Crippen molar-refractivity contribution in [1.82, 2.24) is 19.1 Å². The fourth-order valence-corrected chi connectivity index (χ4v) is 5.77. The number of benzene rings is 1. The number of aromatic nitrogens is 3. The molecule has 0 unspecified atom stereocenters. The van der Waals surface area contributed by atoms with Crippen molar-refractivity contribution in [3.8, 4) is 11.4 Å². The summed E-state index contributed by atoms with van der Waals surface area (Å²) in [5.74, 6) is 0.576. The number of carbonyl (C=O) groups excluding carboxylic acids is 1. The maximum Gasteiger partial charge on any atom is 0.224 e. The molecule has 2 aliphatic heterocycles. The number of nitrogens with zero attached hydrogens (tertiary/aromatic N) is 4. The normalized spacial score (nSPS) is 17.3. The maximum absolute atomic E-state index is 14.6. The van der Waals surface area contributed by atoms with Gasteiger partial charge in [0.25, 0.3) is 0 Å². The Balaban J connectivity index is 1.39. The lowest BCUT2D eigenvalue weighted by Crippen LogP contribution is -2.30. The first-order valence-electron chi connectivity index (χ1n) is 10.9. The highest BCUT2D eigenvalue weighted by atomic mass is 32.2. The van der Waals surface area contributed by atoms with Gasteiger partial charge in [0.1, 0.15) is 11.6 Å². The molecule has 4 rings (SSSR count). The summed E-state index contributed by atoms with van der Waals surface area (Å²) in [7, 11) is -3.30. The van der Waals surface area contributed by atoms with E-state index in [0.29, 0.717) is 30.2 Å². The van der Waals surface area contributed by atoms with Gasteiger partial charge in [0.15, 0.2) is 5.82 Å². The number of nitrogens with one attached hydrogen (secondary N) is 1. The van der Waals surface area contributed by atoms with E-state index in [1.165, 1.54) is 16.4 Å². The average molecular weight is 450 g/mol. The van der Waals surface area contributed by atoms with E-state index >= 15 is 0 Å². The molecule has 1 N–H and O–H groups in total. The summed E-state index contributed by atoms with van der Waals surface area (Å²) in [6.45, 7) is 1.89. The number of halogens is 1. The van der Waals surface area contributed by atoms with Crippen molar-refractivity contribution < 1.29 is 17.6 Å². The maximum atomic E-state index is 14.6. The van der Waals surface area contributed by atoms with E-state index in [1.807, 2.05) is 4.57 Å². The number of hydrogen-bond donors (Lipinski definition) is 1. The smallest absolute Gasteiger partial charge is 0.224 e. The van der Waals surface area contributed by atoms with E-state index < -0.39 is 15.8 Å². The van der Waals surface area contributed by atoms with Crippen LogP contribution in [0.3, 0.4) is 0 Å². The van der Waals surface area contributed by atoms with E-state index in [2.05, 4.69) is 15.5 Å². The molecule has 0 aliphatic carbocycles. The third-order valence-electron chi connectivity index (χ3n) is 5.87. The van der Waals surface area contributed by atoms with Crippen LogP contribution in [0, 0.1) is 5.82 Å². The largest absolute Gasteiger partial charge is 0.326 e. The molecule has 0 spiro atoms. The van der Waals surface area contributed by atoms with Crippen LogP contribution in [0.1, 0.15) is 50.8 Å². The van der Waals surface area contributed by atoms with Crippen molar-refractivity contribution in [3.05, 3.63) is 29.8 Å². The fraction of sp³-hybridized carbons (Fsp3) is 0.571. The molecule has 2 aliphatic rings. The van der Waals surface area contributed by atoms with Crippen molar-refractivity contribution >= 4 is 21.6 Å². The molecule has 3 heterocycles. The number of aryl methyl sites for hydroxylation is 1. The van der Waals surface area contributed by atoms with E-state index in [9.17, 15) is 17.6 Å². The van der Waals surface area contributed by atoms with Gasteiger partial charge in [-0.25, -0.2) is 17.1 Å². The Morgan fingerprint density at radius 3 is 2.65 bits per heavy atom. The summed E-state index contributed by atoms with van der Waals surface area (Å²) < 4.78 is 42.5. The number of carbonyl (C=O) groups is 1. The minimum Gasteiger partial charge on any atom is -0.326 e. The van der Waals surface area contributed by atoms with Crippen LogP contribution < -0.4 is 5.32 Å². The Kier molecular flexibility index (Phi) is 6.66. The van der Waals surface area contributed by atoms with Crippen molar-refractivity contribution in [3.63, 3.8) is 0 Å². The second-order valence-corrected chi connectivity index (χ2v) is 10.3. The monoisotopic (exact) mass is 449 g/mol. The van der Waals surface area contributed by atoms with Crippen LogP contribution in [0.25, 0.3) is 11.4 Å². The van der Waals surface area contributed by atoms with Crippen molar-refractivity contribution in [2.75, 3.05) is 24.2 Å². The molecule has 31 heavy (non-hydrogen) atoms. The Morgan fingerprint density at radius 1 is 1.06 bits per heavy atom. The summed E-state index contributed by atoms with van der Waals surface area (Å²) in [5, 5.41) is 11.2. The van der Waals surface area contributed by atoms with Gasteiger partial charge in [-0.3, -0.25) is 4.79 Å². The molecular formula is C21H28FN5O3S. The first kappa shape index (κ1) is 21.9. The van der Waals surface area contributed by atoms with Gasteiger partial charge in [-0.1, -0.05) is 6.42 Å². The van der Waals surface area contributed by atoms with Gasteiger partial charge >= 0.3 is 0 Å². The predicted molar refractivity (Wildman–Crippen MR) is 115 cm³/mol. The molecule has 0 saturated carbocycles. The van der Waals surface area contributed by atoms with Crippen LogP contribution in [-0.4, -0.2) is 52.2 Å². The Morgan fingerprint density at radius 2 is 1.84 bits per heavy atom. The second-order valence-electron chi connectivity index (χ2n) is 8.17. The molecular weight excluding hydrogens is 421 g/mol. The molecule has 2 aromatic rings. The first-order chi connectivity index (χ1) is 14.9. The lowest BCUT2D eigenvalue weighted by Gasteiger charge is -2.15. The molecule has 8 nitrogen and oxygen atoms in total. The highest BCUT2D eigenvalue weighted by Crippen LogP contribution is 2.27. The summed E-state index contributed by atoms with van der Waals surface area (Å²) in [6.07, 6.45) is 6.08. The van der Waals surface area contributed by atoms with Crippen LogP contribution in [0.5, 0.6) is 0 Å². The lowest BCUT2D eigenvalue weighted by molar-refractivity contribution is -0.116. The van der Waals surface area contributed by atoms with E-state index in [-0.39, 0.29) is 24.5 Å².